The Hall–Kier alpha value is -0.860. The molecule has 1 aliphatic heterocycles. The van der Waals surface area contributed by atoms with Gasteiger partial charge in [0, 0.05) is 6.04 Å². The molecule has 1 unspecified atom stereocenters. The van der Waals surface area contributed by atoms with Gasteiger partial charge < -0.3 is 10.2 Å². The lowest BCUT2D eigenvalue weighted by atomic mass is 10.1. The minimum atomic E-state index is 0.727. The largest absolute Gasteiger partial charge is 0.314 e. The molecule has 0 bridgehead atoms. The second-order valence-electron chi connectivity index (χ2n) is 5.66. The van der Waals surface area contributed by atoms with E-state index in [9.17, 15) is 0 Å². The summed E-state index contributed by atoms with van der Waals surface area (Å²) < 4.78 is 0. The van der Waals surface area contributed by atoms with Crippen LogP contribution in [0.3, 0.4) is 0 Å². The molecule has 2 heteroatoms. The van der Waals surface area contributed by atoms with E-state index in [0.717, 1.165) is 19.0 Å². The highest BCUT2D eigenvalue weighted by atomic mass is 15.1. The first-order chi connectivity index (χ1) is 9.38. The standard InChI is InChI=1S/C17H28N2/c1-2-13-19-14-6-9-17(11-15-19)18-12-10-16-7-4-3-5-8-16/h3-5,7-8,17-18H,2,6,9-15H2,1H3. The third-order valence-electron chi connectivity index (χ3n) is 4.05. The Labute approximate surface area is 118 Å². The fourth-order valence-electron chi connectivity index (χ4n) is 2.97. The molecular formula is C17H28N2. The molecule has 0 saturated carbocycles. The van der Waals surface area contributed by atoms with Crippen LogP contribution in [0.15, 0.2) is 30.3 Å². The van der Waals surface area contributed by atoms with Gasteiger partial charge in [-0.3, -0.25) is 0 Å². The van der Waals surface area contributed by atoms with Crippen molar-refractivity contribution in [1.82, 2.24) is 10.2 Å². The van der Waals surface area contributed by atoms with Crippen LogP contribution >= 0.6 is 0 Å². The zero-order valence-electron chi connectivity index (χ0n) is 12.3. The van der Waals surface area contributed by atoms with E-state index in [2.05, 4.69) is 47.5 Å². The summed E-state index contributed by atoms with van der Waals surface area (Å²) in [6.45, 7) is 7.24. The minimum Gasteiger partial charge on any atom is -0.314 e. The predicted molar refractivity (Wildman–Crippen MR) is 82.5 cm³/mol. The third-order valence-corrected chi connectivity index (χ3v) is 4.05. The lowest BCUT2D eigenvalue weighted by Gasteiger charge is -2.19. The fraction of sp³-hybridized carbons (Fsp3) is 0.647. The molecule has 1 aromatic rings. The first kappa shape index (κ1) is 14.5. The molecule has 2 nitrogen and oxygen atoms in total. The van der Waals surface area contributed by atoms with Gasteiger partial charge in [0.05, 0.1) is 0 Å². The minimum absolute atomic E-state index is 0.727. The van der Waals surface area contributed by atoms with Crippen molar-refractivity contribution < 1.29 is 0 Å². The number of rotatable bonds is 6. The highest BCUT2D eigenvalue weighted by Crippen LogP contribution is 2.11. The zero-order valence-corrected chi connectivity index (χ0v) is 12.3. The van der Waals surface area contributed by atoms with E-state index in [4.69, 9.17) is 0 Å². The Morgan fingerprint density at radius 2 is 2.00 bits per heavy atom. The molecule has 0 aromatic heterocycles. The highest BCUT2D eigenvalue weighted by Gasteiger charge is 2.15. The molecule has 0 radical (unpaired) electrons. The maximum absolute atomic E-state index is 3.75. The van der Waals surface area contributed by atoms with E-state index in [1.165, 1.54) is 50.9 Å². The lowest BCUT2D eigenvalue weighted by Crippen LogP contribution is -2.32. The van der Waals surface area contributed by atoms with E-state index in [-0.39, 0.29) is 0 Å². The molecule has 0 aliphatic carbocycles. The van der Waals surface area contributed by atoms with Crippen LogP contribution in [0.2, 0.25) is 0 Å². The van der Waals surface area contributed by atoms with Crippen LogP contribution in [0.5, 0.6) is 0 Å². The summed E-state index contributed by atoms with van der Waals surface area (Å²) in [5, 5.41) is 3.75. The number of nitrogens with zero attached hydrogens (tertiary/aromatic N) is 1. The average molecular weight is 260 g/mol. The molecule has 0 spiro atoms. The van der Waals surface area contributed by atoms with Crippen LogP contribution in [0.25, 0.3) is 0 Å². The third kappa shape index (κ3) is 5.33. The van der Waals surface area contributed by atoms with E-state index < -0.39 is 0 Å². The maximum Gasteiger partial charge on any atom is 0.00798 e. The van der Waals surface area contributed by atoms with Gasteiger partial charge in [-0.15, -0.1) is 0 Å². The summed E-state index contributed by atoms with van der Waals surface area (Å²) in [4.78, 5) is 2.62. The number of benzene rings is 1. The summed E-state index contributed by atoms with van der Waals surface area (Å²) in [6, 6.07) is 11.5. The number of hydrogen-bond acceptors (Lipinski definition) is 2. The van der Waals surface area contributed by atoms with Crippen LogP contribution in [0.4, 0.5) is 0 Å². The van der Waals surface area contributed by atoms with Gasteiger partial charge in [0.25, 0.3) is 0 Å². The van der Waals surface area contributed by atoms with Gasteiger partial charge in [0.2, 0.25) is 0 Å². The average Bonchev–Trinajstić information content (AvgIpc) is 2.66. The van der Waals surface area contributed by atoms with Crippen LogP contribution in [0.1, 0.15) is 38.2 Å². The fourth-order valence-corrected chi connectivity index (χ4v) is 2.97. The molecule has 1 aliphatic rings. The van der Waals surface area contributed by atoms with Gasteiger partial charge in [-0.2, -0.15) is 0 Å². The number of nitrogens with one attached hydrogen (secondary N) is 1. The second-order valence-corrected chi connectivity index (χ2v) is 5.66. The van der Waals surface area contributed by atoms with Crippen molar-refractivity contribution >= 4 is 0 Å². The van der Waals surface area contributed by atoms with Gasteiger partial charge in [0.15, 0.2) is 0 Å². The number of likely N-dealkylation sites (tertiary alicyclic amines) is 1. The molecule has 19 heavy (non-hydrogen) atoms. The predicted octanol–water partition coefficient (Wildman–Crippen LogP) is 3.08. The molecule has 1 aromatic carbocycles. The van der Waals surface area contributed by atoms with Gasteiger partial charge >= 0.3 is 0 Å². The summed E-state index contributed by atoms with van der Waals surface area (Å²) in [6.07, 6.45) is 6.44. The summed E-state index contributed by atoms with van der Waals surface area (Å²) in [5.74, 6) is 0. The van der Waals surface area contributed by atoms with E-state index in [0.29, 0.717) is 0 Å². The van der Waals surface area contributed by atoms with Crippen molar-refractivity contribution in [3.63, 3.8) is 0 Å². The molecule has 1 saturated heterocycles. The van der Waals surface area contributed by atoms with Crippen LogP contribution < -0.4 is 5.32 Å². The highest BCUT2D eigenvalue weighted by molar-refractivity contribution is 5.14. The Kier molecular flexibility index (Phi) is 6.38. The Balaban J connectivity index is 1.66. The molecule has 106 valence electrons. The van der Waals surface area contributed by atoms with Crippen LogP contribution in [-0.2, 0) is 6.42 Å². The molecule has 2 rings (SSSR count). The zero-order chi connectivity index (χ0) is 13.3. The lowest BCUT2D eigenvalue weighted by molar-refractivity contribution is 0.283. The summed E-state index contributed by atoms with van der Waals surface area (Å²) in [5.41, 5.74) is 1.44. The SMILES string of the molecule is CCCN1CCCC(NCCc2ccccc2)CC1. The molecule has 1 heterocycles. The Bertz CT molecular complexity index is 336. The summed E-state index contributed by atoms with van der Waals surface area (Å²) >= 11 is 0. The van der Waals surface area contributed by atoms with Gasteiger partial charge in [-0.1, -0.05) is 37.3 Å². The van der Waals surface area contributed by atoms with Crippen molar-refractivity contribution in [3.05, 3.63) is 35.9 Å². The smallest absolute Gasteiger partial charge is 0.00798 e. The van der Waals surface area contributed by atoms with Crippen molar-refractivity contribution in [2.45, 2.75) is 45.1 Å². The van der Waals surface area contributed by atoms with Gasteiger partial charge in [-0.05, 0) is 63.8 Å². The van der Waals surface area contributed by atoms with Crippen molar-refractivity contribution in [3.8, 4) is 0 Å². The van der Waals surface area contributed by atoms with Crippen molar-refractivity contribution in [1.29, 1.82) is 0 Å². The normalized spacial score (nSPS) is 21.2. The second kappa shape index (κ2) is 8.34. The monoisotopic (exact) mass is 260 g/mol. The molecule has 0 amide bonds. The first-order valence-electron chi connectivity index (χ1n) is 7.88. The Morgan fingerprint density at radius 1 is 1.16 bits per heavy atom. The molecular weight excluding hydrogens is 232 g/mol. The Morgan fingerprint density at radius 3 is 2.79 bits per heavy atom. The van der Waals surface area contributed by atoms with Crippen molar-refractivity contribution in [2.75, 3.05) is 26.2 Å². The van der Waals surface area contributed by atoms with Crippen LogP contribution in [-0.4, -0.2) is 37.1 Å². The van der Waals surface area contributed by atoms with E-state index >= 15 is 0 Å². The maximum atomic E-state index is 3.75. The number of hydrogen-bond donors (Lipinski definition) is 1. The van der Waals surface area contributed by atoms with Gasteiger partial charge in [-0.25, -0.2) is 0 Å². The first-order valence-corrected chi connectivity index (χ1v) is 7.88. The van der Waals surface area contributed by atoms with Gasteiger partial charge in [0.1, 0.15) is 0 Å². The topological polar surface area (TPSA) is 15.3 Å². The molecule has 1 atom stereocenters. The molecule has 1 N–H and O–H groups in total. The van der Waals surface area contributed by atoms with E-state index in [1.807, 2.05) is 0 Å². The quantitative estimate of drug-likeness (QED) is 0.845. The van der Waals surface area contributed by atoms with Crippen LogP contribution in [0, 0.1) is 0 Å². The van der Waals surface area contributed by atoms with Crippen molar-refractivity contribution in [2.24, 2.45) is 0 Å². The van der Waals surface area contributed by atoms with E-state index in [1.54, 1.807) is 0 Å². The summed E-state index contributed by atoms with van der Waals surface area (Å²) in [7, 11) is 0. The molecule has 1 fully saturated rings.